The third-order valence-electron chi connectivity index (χ3n) is 3.86. The molecule has 126 valence electrons. The van der Waals surface area contributed by atoms with Gasteiger partial charge in [0.1, 0.15) is 5.69 Å². The summed E-state index contributed by atoms with van der Waals surface area (Å²) in [5, 5.41) is 4.45. The van der Waals surface area contributed by atoms with E-state index in [1.807, 2.05) is 32.0 Å². The number of pyridine rings is 1. The molecule has 1 aromatic heterocycles. The Bertz CT molecular complexity index is 751. The Morgan fingerprint density at radius 3 is 2.46 bits per heavy atom. The normalized spacial score (nSPS) is 17.0. The molecule has 1 aliphatic heterocycles. The number of nitrogens with zero attached hydrogens (tertiary/aromatic N) is 1. The van der Waals surface area contributed by atoms with Crippen molar-refractivity contribution in [2.24, 2.45) is 5.92 Å². The lowest BCUT2D eigenvalue weighted by molar-refractivity contribution is 0.651. The number of hydrogen-bond donors (Lipinski definition) is 1. The molecule has 1 atom stereocenters. The molecule has 0 aliphatic carbocycles. The molecule has 0 saturated heterocycles. The molecular weight excluding hydrogens is 339 g/mol. The summed E-state index contributed by atoms with van der Waals surface area (Å²) in [6.45, 7) is 10.3. The van der Waals surface area contributed by atoms with Crippen molar-refractivity contribution in [3.05, 3.63) is 76.2 Å². The predicted molar refractivity (Wildman–Crippen MR) is 105 cm³/mol. The zero-order chi connectivity index (χ0) is 17.7. The Hall–Kier alpha value is -1.77. The van der Waals surface area contributed by atoms with Crippen molar-refractivity contribution in [2.45, 2.75) is 27.2 Å². The van der Waals surface area contributed by atoms with Crippen LogP contribution in [0.5, 0.6) is 0 Å². The van der Waals surface area contributed by atoms with Crippen molar-refractivity contribution in [2.75, 3.05) is 0 Å². The molecule has 2 heterocycles. The second-order valence-electron chi connectivity index (χ2n) is 5.46. The standard InChI is InChI=1S/C18H16Cl2N2.C2H6/c1-11-8-15(13-6-4-3-5-7-13)17(22-12(11)2)18-16(20)9-14(19)10-21-18;1-2/h3-7,9-11,22H,2,8H2,1H3;1-2H3. The molecule has 0 fully saturated rings. The summed E-state index contributed by atoms with van der Waals surface area (Å²) in [5.41, 5.74) is 4.95. The van der Waals surface area contributed by atoms with Gasteiger partial charge in [-0.1, -0.05) is 80.9 Å². The van der Waals surface area contributed by atoms with Crippen molar-refractivity contribution in [1.82, 2.24) is 10.3 Å². The zero-order valence-electron chi connectivity index (χ0n) is 14.2. The fraction of sp³-hybridized carbons (Fsp3) is 0.250. The number of allylic oxidation sites excluding steroid dienone is 2. The molecule has 1 aromatic carbocycles. The van der Waals surface area contributed by atoms with Crippen LogP contribution in [0.15, 0.2) is 54.9 Å². The SMILES string of the molecule is C=C1NC(c2ncc(Cl)cc2Cl)=C(c2ccccc2)CC1C.CC. The van der Waals surface area contributed by atoms with E-state index < -0.39 is 0 Å². The van der Waals surface area contributed by atoms with Crippen molar-refractivity contribution < 1.29 is 0 Å². The summed E-state index contributed by atoms with van der Waals surface area (Å²) in [5.74, 6) is 0.352. The van der Waals surface area contributed by atoms with Gasteiger partial charge in [0.05, 0.1) is 15.7 Å². The largest absolute Gasteiger partial charge is 0.357 e. The van der Waals surface area contributed by atoms with Crippen LogP contribution in [-0.2, 0) is 0 Å². The van der Waals surface area contributed by atoms with Crippen LogP contribution in [0.25, 0.3) is 11.3 Å². The number of rotatable bonds is 2. The minimum atomic E-state index is 0.352. The highest BCUT2D eigenvalue weighted by Crippen LogP contribution is 2.38. The van der Waals surface area contributed by atoms with E-state index in [2.05, 4.69) is 35.9 Å². The average Bonchev–Trinajstić information content (AvgIpc) is 2.60. The van der Waals surface area contributed by atoms with E-state index in [1.165, 1.54) is 5.57 Å². The van der Waals surface area contributed by atoms with Crippen LogP contribution in [0.2, 0.25) is 10.0 Å². The second kappa shape index (κ2) is 8.36. The molecule has 1 unspecified atom stereocenters. The van der Waals surface area contributed by atoms with Gasteiger partial charge in [-0.15, -0.1) is 0 Å². The maximum atomic E-state index is 6.35. The Labute approximate surface area is 154 Å². The molecule has 0 saturated carbocycles. The van der Waals surface area contributed by atoms with E-state index in [0.717, 1.165) is 23.4 Å². The third kappa shape index (κ3) is 4.00. The van der Waals surface area contributed by atoms with Crippen molar-refractivity contribution >= 4 is 34.5 Å². The van der Waals surface area contributed by atoms with Crippen LogP contribution in [-0.4, -0.2) is 4.98 Å². The molecule has 0 spiro atoms. The molecule has 4 heteroatoms. The van der Waals surface area contributed by atoms with Crippen LogP contribution >= 0.6 is 23.2 Å². The fourth-order valence-corrected chi connectivity index (χ4v) is 3.07. The maximum absolute atomic E-state index is 6.35. The van der Waals surface area contributed by atoms with Gasteiger partial charge in [0.15, 0.2) is 0 Å². The summed E-state index contributed by atoms with van der Waals surface area (Å²) in [6, 6.07) is 12.0. The summed E-state index contributed by atoms with van der Waals surface area (Å²) < 4.78 is 0. The van der Waals surface area contributed by atoms with Crippen molar-refractivity contribution in [3.63, 3.8) is 0 Å². The highest BCUT2D eigenvalue weighted by Gasteiger charge is 2.24. The third-order valence-corrected chi connectivity index (χ3v) is 4.35. The first-order valence-corrected chi connectivity index (χ1v) is 8.87. The van der Waals surface area contributed by atoms with Crippen molar-refractivity contribution in [1.29, 1.82) is 0 Å². The van der Waals surface area contributed by atoms with E-state index in [0.29, 0.717) is 21.7 Å². The summed E-state index contributed by atoms with van der Waals surface area (Å²) in [7, 11) is 0. The Balaban J connectivity index is 0.00000100. The first kappa shape index (κ1) is 18.6. The molecule has 24 heavy (non-hydrogen) atoms. The lowest BCUT2D eigenvalue weighted by Crippen LogP contribution is -2.24. The summed E-state index contributed by atoms with van der Waals surface area (Å²) >= 11 is 12.3. The van der Waals surface area contributed by atoms with Crippen LogP contribution in [0.3, 0.4) is 0 Å². The van der Waals surface area contributed by atoms with E-state index in [4.69, 9.17) is 23.2 Å². The highest BCUT2D eigenvalue weighted by molar-refractivity contribution is 6.35. The van der Waals surface area contributed by atoms with Gasteiger partial charge in [-0.05, 0) is 29.5 Å². The minimum absolute atomic E-state index is 0.352. The fourth-order valence-electron chi connectivity index (χ4n) is 2.59. The maximum Gasteiger partial charge on any atom is 0.105 e. The molecule has 3 rings (SSSR count). The molecule has 2 nitrogen and oxygen atoms in total. The molecular formula is C20H22Cl2N2. The van der Waals surface area contributed by atoms with E-state index >= 15 is 0 Å². The predicted octanol–water partition coefficient (Wildman–Crippen LogP) is 6.43. The number of halogens is 2. The van der Waals surface area contributed by atoms with Crippen LogP contribution in [0.4, 0.5) is 0 Å². The topological polar surface area (TPSA) is 24.9 Å². The summed E-state index contributed by atoms with van der Waals surface area (Å²) in [6.07, 6.45) is 2.51. The molecule has 0 radical (unpaired) electrons. The van der Waals surface area contributed by atoms with Crippen LogP contribution < -0.4 is 5.32 Å². The lowest BCUT2D eigenvalue weighted by atomic mass is 9.87. The highest BCUT2D eigenvalue weighted by atomic mass is 35.5. The number of nitrogens with one attached hydrogen (secondary N) is 1. The van der Waals surface area contributed by atoms with Gasteiger partial charge in [-0.3, -0.25) is 4.98 Å². The van der Waals surface area contributed by atoms with Crippen LogP contribution in [0, 0.1) is 5.92 Å². The number of hydrogen-bond acceptors (Lipinski definition) is 2. The molecule has 0 amide bonds. The lowest BCUT2D eigenvalue weighted by Gasteiger charge is -2.29. The smallest absolute Gasteiger partial charge is 0.105 e. The van der Waals surface area contributed by atoms with Gasteiger partial charge in [-0.2, -0.15) is 0 Å². The Morgan fingerprint density at radius 2 is 1.83 bits per heavy atom. The first-order chi connectivity index (χ1) is 11.6. The second-order valence-corrected chi connectivity index (χ2v) is 6.30. The Kier molecular flexibility index (Phi) is 6.47. The first-order valence-electron chi connectivity index (χ1n) is 8.12. The Morgan fingerprint density at radius 1 is 1.17 bits per heavy atom. The van der Waals surface area contributed by atoms with Gasteiger partial charge in [0, 0.05) is 11.9 Å². The molecule has 0 bridgehead atoms. The van der Waals surface area contributed by atoms with Gasteiger partial charge in [-0.25, -0.2) is 0 Å². The van der Waals surface area contributed by atoms with Crippen molar-refractivity contribution in [3.8, 4) is 0 Å². The zero-order valence-corrected chi connectivity index (χ0v) is 15.7. The van der Waals surface area contributed by atoms with Gasteiger partial charge < -0.3 is 5.32 Å². The van der Waals surface area contributed by atoms with E-state index in [9.17, 15) is 0 Å². The number of benzene rings is 1. The van der Waals surface area contributed by atoms with Gasteiger partial charge >= 0.3 is 0 Å². The van der Waals surface area contributed by atoms with Gasteiger partial charge in [0.2, 0.25) is 0 Å². The number of aromatic nitrogens is 1. The summed E-state index contributed by atoms with van der Waals surface area (Å²) in [4.78, 5) is 4.41. The minimum Gasteiger partial charge on any atom is -0.357 e. The van der Waals surface area contributed by atoms with E-state index in [1.54, 1.807) is 12.3 Å². The molecule has 2 aromatic rings. The quantitative estimate of drug-likeness (QED) is 0.667. The van der Waals surface area contributed by atoms with Gasteiger partial charge in [0.25, 0.3) is 0 Å². The molecule has 1 aliphatic rings. The molecule has 1 N–H and O–H groups in total. The average molecular weight is 361 g/mol. The van der Waals surface area contributed by atoms with E-state index in [-0.39, 0.29) is 0 Å². The monoisotopic (exact) mass is 360 g/mol. The van der Waals surface area contributed by atoms with Crippen LogP contribution in [0.1, 0.15) is 38.4 Å².